The average Bonchev–Trinajstić information content (AvgIpc) is 2.88. The maximum Gasteiger partial charge on any atom is 0.243 e. The third-order valence-corrected chi connectivity index (χ3v) is 10.1. The molecule has 0 unspecified atom stereocenters. The maximum absolute atomic E-state index is 14.8. The van der Waals surface area contributed by atoms with Crippen molar-refractivity contribution in [2.75, 3.05) is 52.1 Å². The van der Waals surface area contributed by atoms with Crippen molar-refractivity contribution in [1.29, 1.82) is 0 Å². The molecule has 0 aromatic heterocycles. The van der Waals surface area contributed by atoms with E-state index < -0.39 is 61.3 Å². The molecule has 15 heteroatoms. The van der Waals surface area contributed by atoms with Gasteiger partial charge in [0.25, 0.3) is 0 Å². The van der Waals surface area contributed by atoms with Crippen molar-refractivity contribution in [3.8, 4) is 11.5 Å². The molecular weight excluding hydrogens is 578 g/mol. The number of carbonyl (C=O) groups is 1. The van der Waals surface area contributed by atoms with Gasteiger partial charge in [-0.05, 0) is 62.3 Å². The van der Waals surface area contributed by atoms with Crippen LogP contribution >= 0.6 is 11.6 Å². The first-order valence-electron chi connectivity index (χ1n) is 12.2. The van der Waals surface area contributed by atoms with Gasteiger partial charge in [0.05, 0.1) is 17.2 Å². The van der Waals surface area contributed by atoms with Gasteiger partial charge in [0.1, 0.15) is 5.75 Å². The highest BCUT2D eigenvalue weighted by Crippen LogP contribution is 2.31. The Morgan fingerprint density at radius 2 is 1.62 bits per heavy atom. The maximum atomic E-state index is 14.8. The second-order valence-corrected chi connectivity index (χ2v) is 13.7. The summed E-state index contributed by atoms with van der Waals surface area (Å²) >= 11 is 5.79. The van der Waals surface area contributed by atoms with E-state index in [1.54, 1.807) is 0 Å². The van der Waals surface area contributed by atoms with Crippen molar-refractivity contribution in [3.63, 3.8) is 0 Å². The van der Waals surface area contributed by atoms with E-state index in [9.17, 15) is 30.4 Å². The fraction of sp³-hybridized carbons (Fsp3) is 0.458. The standard InChI is InChI=1S/C24H31ClF2N4O6S2/c1-29(38(33,34)14-13-30-9-3-2-4-10-30)11-12-31(17-23(28)32)39(35,36)20-15-21(26)24(22(27)16-20)37-19-7-5-18(25)6-8-19/h5-8,15-16H,2-4,9-14,17H2,1H3,(H2,28,32). The molecule has 39 heavy (non-hydrogen) atoms. The van der Waals surface area contributed by atoms with Gasteiger partial charge in [-0.3, -0.25) is 4.79 Å². The van der Waals surface area contributed by atoms with Crippen molar-refractivity contribution < 1.29 is 35.1 Å². The number of hydrogen-bond donors (Lipinski definition) is 1. The van der Waals surface area contributed by atoms with E-state index in [1.165, 1.54) is 31.3 Å². The molecular formula is C24H31ClF2N4O6S2. The summed E-state index contributed by atoms with van der Waals surface area (Å²) in [6, 6.07) is 6.73. The molecule has 1 fully saturated rings. The zero-order chi connectivity index (χ0) is 28.8. The second kappa shape index (κ2) is 13.3. The second-order valence-electron chi connectivity index (χ2n) is 9.12. The number of benzene rings is 2. The summed E-state index contributed by atoms with van der Waals surface area (Å²) in [4.78, 5) is 12.9. The highest BCUT2D eigenvalue weighted by molar-refractivity contribution is 7.89. The third-order valence-electron chi connectivity index (χ3n) is 6.23. The van der Waals surface area contributed by atoms with Gasteiger partial charge in [0.15, 0.2) is 17.4 Å². The molecule has 2 aromatic rings. The number of likely N-dealkylation sites (N-methyl/N-ethyl adjacent to an activating group) is 1. The van der Waals surface area contributed by atoms with Crippen LogP contribution in [-0.2, 0) is 24.8 Å². The van der Waals surface area contributed by atoms with Crippen LogP contribution in [0.2, 0.25) is 5.02 Å². The van der Waals surface area contributed by atoms with Gasteiger partial charge in [-0.15, -0.1) is 0 Å². The molecule has 1 amide bonds. The average molecular weight is 609 g/mol. The van der Waals surface area contributed by atoms with Crippen molar-refractivity contribution in [1.82, 2.24) is 13.5 Å². The largest absolute Gasteiger partial charge is 0.451 e. The predicted octanol–water partition coefficient (Wildman–Crippen LogP) is 2.63. The number of sulfonamides is 2. The minimum Gasteiger partial charge on any atom is -0.451 e. The summed E-state index contributed by atoms with van der Waals surface area (Å²) in [5.74, 6) is -4.57. The summed E-state index contributed by atoms with van der Waals surface area (Å²) in [6.07, 6.45) is 3.12. The Balaban J connectivity index is 1.74. The van der Waals surface area contributed by atoms with Gasteiger partial charge in [-0.25, -0.2) is 29.9 Å². The molecule has 0 aliphatic carbocycles. The molecule has 0 saturated carbocycles. The Hall–Kier alpha value is -2.36. The van der Waals surface area contributed by atoms with Gasteiger partial charge in [0, 0.05) is 31.7 Å². The third kappa shape index (κ3) is 8.56. The summed E-state index contributed by atoms with van der Waals surface area (Å²) in [5, 5.41) is 0.375. The Morgan fingerprint density at radius 1 is 1.03 bits per heavy atom. The van der Waals surface area contributed by atoms with E-state index in [4.69, 9.17) is 22.1 Å². The van der Waals surface area contributed by atoms with Crippen LogP contribution in [-0.4, -0.2) is 88.3 Å². The summed E-state index contributed by atoms with van der Waals surface area (Å²) in [7, 11) is -7.10. The normalized spacial score (nSPS) is 15.1. The van der Waals surface area contributed by atoms with E-state index >= 15 is 0 Å². The molecule has 2 aromatic carbocycles. The molecule has 0 bridgehead atoms. The van der Waals surface area contributed by atoms with Crippen LogP contribution in [0.25, 0.3) is 0 Å². The Labute approximate surface area is 232 Å². The summed E-state index contributed by atoms with van der Waals surface area (Å²) < 4.78 is 88.3. The molecule has 1 heterocycles. The Bertz CT molecular complexity index is 1350. The van der Waals surface area contributed by atoms with Gasteiger partial charge in [-0.2, -0.15) is 4.31 Å². The first-order valence-corrected chi connectivity index (χ1v) is 15.6. The first-order chi connectivity index (χ1) is 18.3. The predicted molar refractivity (Wildman–Crippen MR) is 143 cm³/mol. The smallest absolute Gasteiger partial charge is 0.243 e. The minimum atomic E-state index is -4.66. The van der Waals surface area contributed by atoms with Crippen LogP contribution in [0.15, 0.2) is 41.3 Å². The minimum absolute atomic E-state index is 0.0627. The highest BCUT2D eigenvalue weighted by Gasteiger charge is 2.30. The highest BCUT2D eigenvalue weighted by atomic mass is 35.5. The first kappa shape index (κ1) is 31.2. The number of primary amides is 1. The number of piperidine rings is 1. The van der Waals surface area contributed by atoms with E-state index in [0.29, 0.717) is 28.0 Å². The number of amides is 1. The number of ether oxygens (including phenoxy) is 1. The number of likely N-dealkylation sites (tertiary alicyclic amines) is 1. The van der Waals surface area contributed by atoms with Gasteiger partial charge in [0.2, 0.25) is 26.0 Å². The number of rotatable bonds is 13. The monoisotopic (exact) mass is 608 g/mol. The lowest BCUT2D eigenvalue weighted by Gasteiger charge is -2.28. The zero-order valence-electron chi connectivity index (χ0n) is 21.4. The van der Waals surface area contributed by atoms with Gasteiger partial charge >= 0.3 is 0 Å². The van der Waals surface area contributed by atoms with E-state index in [1.807, 2.05) is 0 Å². The molecule has 216 valence electrons. The lowest BCUT2D eigenvalue weighted by atomic mass is 10.1. The summed E-state index contributed by atoms with van der Waals surface area (Å²) in [6.45, 7) is 0.380. The van der Waals surface area contributed by atoms with Crippen molar-refractivity contribution >= 4 is 37.6 Å². The number of nitrogens with two attached hydrogens (primary N) is 1. The fourth-order valence-corrected chi connectivity index (χ4v) is 6.69. The van der Waals surface area contributed by atoms with Crippen LogP contribution in [0, 0.1) is 11.6 Å². The van der Waals surface area contributed by atoms with Crippen molar-refractivity contribution in [2.24, 2.45) is 5.73 Å². The lowest BCUT2D eigenvalue weighted by molar-refractivity contribution is -0.118. The fourth-order valence-electron chi connectivity index (χ4n) is 3.99. The van der Waals surface area contributed by atoms with Crippen LogP contribution in [0.1, 0.15) is 19.3 Å². The van der Waals surface area contributed by atoms with Crippen LogP contribution < -0.4 is 10.5 Å². The van der Waals surface area contributed by atoms with E-state index in [0.717, 1.165) is 36.7 Å². The van der Waals surface area contributed by atoms with Crippen LogP contribution in [0.5, 0.6) is 11.5 Å². The summed E-state index contributed by atoms with van der Waals surface area (Å²) in [5.41, 5.74) is 5.21. The molecule has 1 saturated heterocycles. The number of nitrogens with zero attached hydrogens (tertiary/aromatic N) is 3. The van der Waals surface area contributed by atoms with Crippen molar-refractivity contribution in [3.05, 3.63) is 53.1 Å². The molecule has 3 rings (SSSR count). The molecule has 0 spiro atoms. The van der Waals surface area contributed by atoms with Crippen molar-refractivity contribution in [2.45, 2.75) is 24.2 Å². The number of halogens is 3. The quantitative estimate of drug-likeness (QED) is 0.370. The molecule has 10 nitrogen and oxygen atoms in total. The topological polar surface area (TPSA) is 130 Å². The lowest BCUT2D eigenvalue weighted by Crippen LogP contribution is -2.44. The van der Waals surface area contributed by atoms with Crippen LogP contribution in [0.4, 0.5) is 8.78 Å². The van der Waals surface area contributed by atoms with Crippen LogP contribution in [0.3, 0.4) is 0 Å². The Kier molecular flexibility index (Phi) is 10.7. The number of hydrogen-bond acceptors (Lipinski definition) is 7. The number of carbonyl (C=O) groups excluding carboxylic acids is 1. The van der Waals surface area contributed by atoms with E-state index in [-0.39, 0.29) is 18.0 Å². The molecule has 0 radical (unpaired) electrons. The SMILES string of the molecule is CN(CCN(CC(N)=O)S(=O)(=O)c1cc(F)c(Oc2ccc(Cl)cc2)c(F)c1)S(=O)(=O)CCN1CCCCC1. The van der Waals surface area contributed by atoms with E-state index in [2.05, 4.69) is 4.90 Å². The molecule has 1 aliphatic heterocycles. The Morgan fingerprint density at radius 3 is 2.18 bits per heavy atom. The molecule has 1 aliphatic rings. The molecule has 2 N–H and O–H groups in total. The zero-order valence-corrected chi connectivity index (χ0v) is 23.7. The van der Waals surface area contributed by atoms with Gasteiger partial charge < -0.3 is 15.4 Å². The molecule has 0 atom stereocenters. The van der Waals surface area contributed by atoms with Gasteiger partial charge in [-0.1, -0.05) is 18.0 Å².